The van der Waals surface area contributed by atoms with Gasteiger partial charge in [-0.3, -0.25) is 4.79 Å². The van der Waals surface area contributed by atoms with Crippen LogP contribution in [0, 0.1) is 0 Å². The van der Waals surface area contributed by atoms with Crippen molar-refractivity contribution >= 4 is 23.4 Å². The molecule has 1 heterocycles. The van der Waals surface area contributed by atoms with Crippen LogP contribution in [0.25, 0.3) is 0 Å². The van der Waals surface area contributed by atoms with Gasteiger partial charge in [-0.25, -0.2) is 9.97 Å². The predicted molar refractivity (Wildman–Crippen MR) is 66.9 cm³/mol. The fraction of sp³-hybridized carbons (Fsp3) is 0.364. The van der Waals surface area contributed by atoms with Gasteiger partial charge in [-0.15, -0.1) is 0 Å². The smallest absolute Gasteiger partial charge is 0.189 e. The van der Waals surface area contributed by atoms with E-state index in [2.05, 4.69) is 21.9 Å². The Morgan fingerprint density at radius 1 is 1.62 bits per heavy atom. The zero-order valence-corrected chi connectivity index (χ0v) is 10.5. The van der Waals surface area contributed by atoms with E-state index in [1.54, 1.807) is 6.20 Å². The van der Waals surface area contributed by atoms with Crippen LogP contribution < -0.4 is 5.32 Å². The minimum atomic E-state index is -0.0564. The fourth-order valence-corrected chi connectivity index (χ4v) is 1.41. The standard InChI is InChI=1S/C11H15N3OS/c1-5-7(2)13-10-9(8(3)15)6-12-11(14-10)16-4/h6H,2,5H2,1,3-4H3,(H,12,13,14). The summed E-state index contributed by atoms with van der Waals surface area (Å²) >= 11 is 1.43. The van der Waals surface area contributed by atoms with Crippen LogP contribution in [0.2, 0.25) is 0 Å². The minimum Gasteiger partial charge on any atom is -0.344 e. The van der Waals surface area contributed by atoms with Crippen molar-refractivity contribution in [1.82, 2.24) is 9.97 Å². The molecule has 1 aromatic rings. The molecule has 4 nitrogen and oxygen atoms in total. The number of ketones is 1. The van der Waals surface area contributed by atoms with Crippen LogP contribution in [0.5, 0.6) is 0 Å². The van der Waals surface area contributed by atoms with Crippen LogP contribution in [-0.2, 0) is 0 Å². The fourth-order valence-electron chi connectivity index (χ4n) is 1.07. The normalized spacial score (nSPS) is 9.94. The molecule has 0 amide bonds. The number of nitrogens with zero attached hydrogens (tertiary/aromatic N) is 2. The third-order valence-corrected chi connectivity index (χ3v) is 2.61. The van der Waals surface area contributed by atoms with Crippen LogP contribution in [0.1, 0.15) is 30.6 Å². The summed E-state index contributed by atoms with van der Waals surface area (Å²) < 4.78 is 0. The van der Waals surface area contributed by atoms with Crippen molar-refractivity contribution in [2.75, 3.05) is 11.6 Å². The van der Waals surface area contributed by atoms with E-state index in [9.17, 15) is 4.79 Å². The van der Waals surface area contributed by atoms with Crippen molar-refractivity contribution in [3.63, 3.8) is 0 Å². The Bertz CT molecular complexity index is 418. The topological polar surface area (TPSA) is 54.9 Å². The Labute approximate surface area is 99.6 Å². The first-order valence-corrected chi connectivity index (χ1v) is 6.17. The second-order valence-electron chi connectivity index (χ2n) is 3.26. The summed E-state index contributed by atoms with van der Waals surface area (Å²) in [6.45, 7) is 7.32. The molecule has 1 N–H and O–H groups in total. The van der Waals surface area contributed by atoms with Crippen LogP contribution in [0.15, 0.2) is 23.6 Å². The molecule has 0 bridgehead atoms. The monoisotopic (exact) mass is 237 g/mol. The predicted octanol–water partition coefficient (Wildman–Crippen LogP) is 2.74. The van der Waals surface area contributed by atoms with E-state index in [0.717, 1.165) is 12.1 Å². The van der Waals surface area contributed by atoms with Crippen LogP contribution in [-0.4, -0.2) is 22.0 Å². The van der Waals surface area contributed by atoms with Gasteiger partial charge in [0.2, 0.25) is 0 Å². The number of hydrogen-bond acceptors (Lipinski definition) is 5. The van der Waals surface area contributed by atoms with Gasteiger partial charge in [0.15, 0.2) is 10.9 Å². The number of aromatic nitrogens is 2. The van der Waals surface area contributed by atoms with E-state index in [-0.39, 0.29) is 5.78 Å². The summed E-state index contributed by atoms with van der Waals surface area (Å²) in [5.74, 6) is 0.484. The molecule has 0 fully saturated rings. The Hall–Kier alpha value is -1.36. The van der Waals surface area contributed by atoms with Crippen molar-refractivity contribution in [2.24, 2.45) is 0 Å². The third kappa shape index (κ3) is 3.06. The van der Waals surface area contributed by atoms with Crippen LogP contribution in [0.3, 0.4) is 0 Å². The highest BCUT2D eigenvalue weighted by Crippen LogP contribution is 2.18. The van der Waals surface area contributed by atoms with Crippen LogP contribution in [0.4, 0.5) is 5.82 Å². The highest BCUT2D eigenvalue weighted by Gasteiger charge is 2.11. The first-order valence-electron chi connectivity index (χ1n) is 4.95. The van der Waals surface area contributed by atoms with E-state index in [1.807, 2.05) is 13.2 Å². The van der Waals surface area contributed by atoms with Gasteiger partial charge in [-0.2, -0.15) is 0 Å². The lowest BCUT2D eigenvalue weighted by atomic mass is 10.2. The Morgan fingerprint density at radius 3 is 2.81 bits per heavy atom. The number of Topliss-reactive ketones (excluding diaryl/α,β-unsaturated/α-hetero) is 1. The summed E-state index contributed by atoms with van der Waals surface area (Å²) in [6, 6.07) is 0. The molecule has 0 spiro atoms. The number of anilines is 1. The molecule has 0 aliphatic carbocycles. The lowest BCUT2D eigenvalue weighted by molar-refractivity contribution is 0.101. The molecular formula is C11H15N3OS. The average Bonchev–Trinajstić information content (AvgIpc) is 2.28. The average molecular weight is 237 g/mol. The maximum atomic E-state index is 11.4. The molecule has 0 aromatic carbocycles. The van der Waals surface area contributed by atoms with Crippen molar-refractivity contribution in [3.8, 4) is 0 Å². The van der Waals surface area contributed by atoms with Gasteiger partial charge in [0.1, 0.15) is 5.82 Å². The number of nitrogens with one attached hydrogen (secondary N) is 1. The number of allylic oxidation sites excluding steroid dienone is 1. The molecule has 0 aliphatic heterocycles. The molecule has 1 rings (SSSR count). The number of thioether (sulfide) groups is 1. The van der Waals surface area contributed by atoms with Gasteiger partial charge < -0.3 is 5.32 Å². The van der Waals surface area contributed by atoms with E-state index in [0.29, 0.717) is 16.5 Å². The lowest BCUT2D eigenvalue weighted by Crippen LogP contribution is -2.07. The molecule has 0 saturated carbocycles. The summed E-state index contributed by atoms with van der Waals surface area (Å²) in [5.41, 5.74) is 1.32. The van der Waals surface area contributed by atoms with E-state index >= 15 is 0 Å². The number of rotatable bonds is 5. The van der Waals surface area contributed by atoms with Crippen LogP contribution >= 0.6 is 11.8 Å². The lowest BCUT2D eigenvalue weighted by Gasteiger charge is -2.10. The second kappa shape index (κ2) is 5.65. The zero-order valence-electron chi connectivity index (χ0n) is 9.70. The number of hydrogen-bond donors (Lipinski definition) is 1. The molecule has 86 valence electrons. The molecule has 5 heteroatoms. The maximum Gasteiger partial charge on any atom is 0.189 e. The summed E-state index contributed by atoms with van der Waals surface area (Å²) in [4.78, 5) is 19.7. The summed E-state index contributed by atoms with van der Waals surface area (Å²) in [7, 11) is 0. The molecule has 0 atom stereocenters. The first kappa shape index (κ1) is 12.7. The number of carbonyl (C=O) groups is 1. The maximum absolute atomic E-state index is 11.4. The van der Waals surface area contributed by atoms with Crippen molar-refractivity contribution in [1.29, 1.82) is 0 Å². The SMILES string of the molecule is C=C(CC)Nc1nc(SC)ncc1C(C)=O. The van der Waals surface area contributed by atoms with Gasteiger partial charge in [-0.05, 0) is 19.6 Å². The zero-order chi connectivity index (χ0) is 12.1. The third-order valence-electron chi connectivity index (χ3n) is 2.05. The largest absolute Gasteiger partial charge is 0.344 e. The van der Waals surface area contributed by atoms with E-state index in [4.69, 9.17) is 0 Å². The molecule has 0 radical (unpaired) electrons. The molecule has 0 aliphatic rings. The molecule has 16 heavy (non-hydrogen) atoms. The quantitative estimate of drug-likeness (QED) is 0.485. The summed E-state index contributed by atoms with van der Waals surface area (Å²) in [6.07, 6.45) is 4.23. The Balaban J connectivity index is 3.10. The Kier molecular flexibility index (Phi) is 4.49. The van der Waals surface area contributed by atoms with E-state index < -0.39 is 0 Å². The highest BCUT2D eigenvalue weighted by atomic mass is 32.2. The second-order valence-corrected chi connectivity index (χ2v) is 4.03. The molecule has 1 aromatic heterocycles. The van der Waals surface area contributed by atoms with Gasteiger partial charge in [0.05, 0.1) is 5.56 Å². The molecule has 0 unspecified atom stereocenters. The highest BCUT2D eigenvalue weighted by molar-refractivity contribution is 7.98. The van der Waals surface area contributed by atoms with Gasteiger partial charge in [0.25, 0.3) is 0 Å². The van der Waals surface area contributed by atoms with Gasteiger partial charge in [-0.1, -0.05) is 25.3 Å². The molecule has 0 saturated heterocycles. The first-order chi connectivity index (χ1) is 7.58. The van der Waals surface area contributed by atoms with Crippen molar-refractivity contribution < 1.29 is 4.79 Å². The summed E-state index contributed by atoms with van der Waals surface area (Å²) in [5, 5.41) is 3.67. The van der Waals surface area contributed by atoms with Gasteiger partial charge in [0, 0.05) is 11.9 Å². The molecular weight excluding hydrogens is 222 g/mol. The Morgan fingerprint density at radius 2 is 2.31 bits per heavy atom. The van der Waals surface area contributed by atoms with Crippen molar-refractivity contribution in [2.45, 2.75) is 25.4 Å². The number of carbonyl (C=O) groups excluding carboxylic acids is 1. The van der Waals surface area contributed by atoms with E-state index in [1.165, 1.54) is 18.7 Å². The van der Waals surface area contributed by atoms with Gasteiger partial charge >= 0.3 is 0 Å². The van der Waals surface area contributed by atoms with Crippen molar-refractivity contribution in [3.05, 3.63) is 24.0 Å². The minimum absolute atomic E-state index is 0.0564.